The summed E-state index contributed by atoms with van der Waals surface area (Å²) in [4.78, 5) is 3.13. The lowest BCUT2D eigenvalue weighted by molar-refractivity contribution is -0.149. The third-order valence-corrected chi connectivity index (χ3v) is 6.39. The molecule has 3 unspecified atom stereocenters. The lowest BCUT2D eigenvalue weighted by atomic mass is 9.87. The Bertz CT molecular complexity index is 745. The zero-order valence-electron chi connectivity index (χ0n) is 16.8. The molecule has 1 aliphatic heterocycles. The highest BCUT2D eigenvalue weighted by Crippen LogP contribution is 2.41. The first-order valence-electron chi connectivity index (χ1n) is 9.96. The molecule has 0 amide bonds. The van der Waals surface area contributed by atoms with Crippen molar-refractivity contribution in [2.45, 2.75) is 45.2 Å². The quantitative estimate of drug-likeness (QED) is 0.641. The molecule has 28 heavy (non-hydrogen) atoms. The second-order valence-corrected chi connectivity index (χ2v) is 8.33. The van der Waals surface area contributed by atoms with E-state index in [4.69, 9.17) is 9.47 Å². The standard InChI is InChI=1S/C22H30FNO3S/c1-4-26-15(2)27-21(17-7-5-6-8-19(17)23)22-18(11-14-28-22)20(25)16-9-12-24(3)13-10-16/h5-8,11,14-16,20-21,25H,4,9-10,12-13H2,1-3H3. The van der Waals surface area contributed by atoms with E-state index in [9.17, 15) is 9.50 Å². The number of likely N-dealkylation sites (tertiary alicyclic amines) is 1. The van der Waals surface area contributed by atoms with Gasteiger partial charge < -0.3 is 19.5 Å². The summed E-state index contributed by atoms with van der Waals surface area (Å²) in [5, 5.41) is 13.1. The van der Waals surface area contributed by atoms with Crippen molar-refractivity contribution in [1.82, 2.24) is 4.90 Å². The molecule has 1 N–H and O–H groups in total. The third kappa shape index (κ3) is 4.99. The minimum absolute atomic E-state index is 0.204. The van der Waals surface area contributed by atoms with Gasteiger partial charge in [0.1, 0.15) is 11.9 Å². The molecule has 4 nitrogen and oxygen atoms in total. The summed E-state index contributed by atoms with van der Waals surface area (Å²) >= 11 is 1.50. The van der Waals surface area contributed by atoms with Crippen LogP contribution >= 0.6 is 11.3 Å². The van der Waals surface area contributed by atoms with Crippen LogP contribution in [0.1, 0.15) is 54.9 Å². The van der Waals surface area contributed by atoms with Crippen LogP contribution in [-0.4, -0.2) is 43.0 Å². The number of aliphatic hydroxyl groups excluding tert-OH is 1. The van der Waals surface area contributed by atoms with Gasteiger partial charge in [-0.3, -0.25) is 0 Å². The molecule has 3 rings (SSSR count). The Kier molecular flexibility index (Phi) is 7.60. The van der Waals surface area contributed by atoms with Crippen molar-refractivity contribution in [3.8, 4) is 0 Å². The fourth-order valence-corrected chi connectivity index (χ4v) is 4.81. The van der Waals surface area contributed by atoms with Gasteiger partial charge in [-0.25, -0.2) is 4.39 Å². The number of thiophene rings is 1. The van der Waals surface area contributed by atoms with Crippen LogP contribution in [0.15, 0.2) is 35.7 Å². The smallest absolute Gasteiger partial charge is 0.156 e. The number of hydrogen-bond donors (Lipinski definition) is 1. The molecule has 0 saturated carbocycles. The average molecular weight is 408 g/mol. The van der Waals surface area contributed by atoms with Crippen molar-refractivity contribution in [2.24, 2.45) is 5.92 Å². The largest absolute Gasteiger partial charge is 0.388 e. The van der Waals surface area contributed by atoms with Crippen LogP contribution < -0.4 is 0 Å². The molecule has 1 aliphatic rings. The van der Waals surface area contributed by atoms with E-state index in [0.29, 0.717) is 12.2 Å². The van der Waals surface area contributed by atoms with Crippen molar-refractivity contribution in [3.63, 3.8) is 0 Å². The van der Waals surface area contributed by atoms with E-state index in [2.05, 4.69) is 11.9 Å². The zero-order chi connectivity index (χ0) is 20.1. The van der Waals surface area contributed by atoms with E-state index in [0.717, 1.165) is 36.4 Å². The predicted molar refractivity (Wildman–Crippen MR) is 110 cm³/mol. The van der Waals surface area contributed by atoms with Gasteiger partial charge in [-0.1, -0.05) is 18.2 Å². The molecule has 2 heterocycles. The number of hydrogen-bond acceptors (Lipinski definition) is 5. The molecule has 0 aliphatic carbocycles. The number of piperidine rings is 1. The van der Waals surface area contributed by atoms with Crippen LogP contribution in [0.5, 0.6) is 0 Å². The van der Waals surface area contributed by atoms with Crippen molar-refractivity contribution in [3.05, 3.63) is 57.5 Å². The van der Waals surface area contributed by atoms with Crippen LogP contribution in [0, 0.1) is 11.7 Å². The van der Waals surface area contributed by atoms with Crippen LogP contribution in [0.4, 0.5) is 4.39 Å². The van der Waals surface area contributed by atoms with E-state index in [1.165, 1.54) is 17.4 Å². The minimum Gasteiger partial charge on any atom is -0.388 e. The van der Waals surface area contributed by atoms with Gasteiger partial charge in [0, 0.05) is 17.0 Å². The van der Waals surface area contributed by atoms with Crippen LogP contribution in [0.25, 0.3) is 0 Å². The molecular weight excluding hydrogens is 377 g/mol. The van der Waals surface area contributed by atoms with Crippen LogP contribution in [0.2, 0.25) is 0 Å². The molecule has 154 valence electrons. The maximum Gasteiger partial charge on any atom is 0.156 e. The maximum atomic E-state index is 14.6. The molecule has 1 fully saturated rings. The topological polar surface area (TPSA) is 41.9 Å². The molecular formula is C22H30FNO3S. The second kappa shape index (κ2) is 9.94. The highest BCUT2D eigenvalue weighted by atomic mass is 32.1. The number of rotatable bonds is 8. The number of nitrogens with zero attached hydrogens (tertiary/aromatic N) is 1. The minimum atomic E-state index is -0.612. The van der Waals surface area contributed by atoms with Crippen molar-refractivity contribution in [2.75, 3.05) is 26.7 Å². The number of ether oxygens (including phenoxy) is 2. The molecule has 6 heteroatoms. The van der Waals surface area contributed by atoms with E-state index in [1.807, 2.05) is 25.3 Å². The number of halogens is 1. The van der Waals surface area contributed by atoms with Gasteiger partial charge in [-0.2, -0.15) is 0 Å². The summed E-state index contributed by atoms with van der Waals surface area (Å²) in [6.45, 7) is 6.20. The van der Waals surface area contributed by atoms with Gasteiger partial charge in [-0.15, -0.1) is 11.3 Å². The predicted octanol–water partition coefficient (Wildman–Crippen LogP) is 4.75. The summed E-state index contributed by atoms with van der Waals surface area (Å²) in [5.74, 6) is -0.112. The van der Waals surface area contributed by atoms with Gasteiger partial charge in [-0.05, 0) is 75.8 Å². The van der Waals surface area contributed by atoms with Gasteiger partial charge in [0.2, 0.25) is 0 Å². The zero-order valence-corrected chi connectivity index (χ0v) is 17.6. The first-order valence-corrected chi connectivity index (χ1v) is 10.8. The monoisotopic (exact) mass is 407 g/mol. The van der Waals surface area contributed by atoms with E-state index in [1.54, 1.807) is 18.2 Å². The number of benzene rings is 1. The Labute approximate surface area is 170 Å². The van der Waals surface area contributed by atoms with Gasteiger partial charge in [0.15, 0.2) is 6.29 Å². The highest BCUT2D eigenvalue weighted by Gasteiger charge is 2.31. The van der Waals surface area contributed by atoms with Gasteiger partial charge in [0.05, 0.1) is 6.10 Å². The Morgan fingerprint density at radius 3 is 2.61 bits per heavy atom. The molecule has 0 radical (unpaired) electrons. The van der Waals surface area contributed by atoms with Crippen molar-refractivity contribution in [1.29, 1.82) is 0 Å². The Balaban J connectivity index is 1.91. The Hall–Kier alpha value is -1.31. The lowest BCUT2D eigenvalue weighted by Gasteiger charge is -2.33. The van der Waals surface area contributed by atoms with Crippen LogP contribution in [0.3, 0.4) is 0 Å². The fourth-order valence-electron chi connectivity index (χ4n) is 3.82. The second-order valence-electron chi connectivity index (χ2n) is 7.39. The average Bonchev–Trinajstić information content (AvgIpc) is 3.16. The summed E-state index contributed by atoms with van der Waals surface area (Å²) in [5.41, 5.74) is 1.31. The first kappa shape index (κ1) is 21.4. The molecule has 1 saturated heterocycles. The Morgan fingerprint density at radius 2 is 1.93 bits per heavy atom. The Morgan fingerprint density at radius 1 is 1.21 bits per heavy atom. The molecule has 2 aromatic rings. The SMILES string of the molecule is CCOC(C)OC(c1ccccc1F)c1sccc1C(O)C1CCN(C)CC1. The lowest BCUT2D eigenvalue weighted by Crippen LogP contribution is -2.33. The molecule has 1 aromatic heterocycles. The highest BCUT2D eigenvalue weighted by molar-refractivity contribution is 7.10. The van der Waals surface area contributed by atoms with Gasteiger partial charge in [0.25, 0.3) is 0 Å². The fraction of sp³-hybridized carbons (Fsp3) is 0.545. The third-order valence-electron chi connectivity index (χ3n) is 5.41. The van der Waals surface area contributed by atoms with Crippen molar-refractivity contribution >= 4 is 11.3 Å². The number of aliphatic hydroxyl groups is 1. The van der Waals surface area contributed by atoms with E-state index >= 15 is 0 Å². The molecule has 1 aromatic carbocycles. The summed E-state index contributed by atoms with van der Waals surface area (Å²) < 4.78 is 26.3. The van der Waals surface area contributed by atoms with Crippen molar-refractivity contribution < 1.29 is 19.0 Å². The summed E-state index contributed by atoms with van der Waals surface area (Å²) in [6.07, 6.45) is 0.236. The van der Waals surface area contributed by atoms with Crippen LogP contribution in [-0.2, 0) is 9.47 Å². The molecule has 0 bridgehead atoms. The first-order chi connectivity index (χ1) is 13.5. The summed E-state index contributed by atoms with van der Waals surface area (Å²) in [7, 11) is 2.11. The van der Waals surface area contributed by atoms with Gasteiger partial charge >= 0.3 is 0 Å². The summed E-state index contributed by atoms with van der Waals surface area (Å²) in [6, 6.07) is 8.61. The van der Waals surface area contributed by atoms with E-state index < -0.39 is 18.5 Å². The molecule has 3 atom stereocenters. The normalized spacial score (nSPS) is 19.5. The van der Waals surface area contributed by atoms with E-state index in [-0.39, 0.29) is 11.7 Å². The maximum absolute atomic E-state index is 14.6. The molecule has 0 spiro atoms.